The van der Waals surface area contributed by atoms with Crippen molar-refractivity contribution in [1.29, 1.82) is 0 Å². The van der Waals surface area contributed by atoms with Gasteiger partial charge in [0.1, 0.15) is 5.75 Å². The summed E-state index contributed by atoms with van der Waals surface area (Å²) in [5.41, 5.74) is 1.74. The van der Waals surface area contributed by atoms with E-state index in [2.05, 4.69) is 11.8 Å². The van der Waals surface area contributed by atoms with Gasteiger partial charge in [0.05, 0.1) is 19.6 Å². The fourth-order valence-electron chi connectivity index (χ4n) is 6.09. The second-order valence-corrected chi connectivity index (χ2v) is 9.88. The van der Waals surface area contributed by atoms with Crippen LogP contribution in [-0.2, 0) is 9.59 Å². The molecule has 1 unspecified atom stereocenters. The molecule has 2 aromatic carbocycles. The molecule has 0 spiro atoms. The minimum absolute atomic E-state index is 0.0792. The van der Waals surface area contributed by atoms with Gasteiger partial charge >= 0.3 is 5.97 Å². The molecule has 5 rings (SSSR count). The third kappa shape index (κ3) is 4.62. The zero-order chi connectivity index (χ0) is 25.2. The molecule has 8 heteroatoms. The molecule has 192 valence electrons. The average Bonchev–Trinajstić information content (AvgIpc) is 3.53. The number of likely N-dealkylation sites (tertiary alicyclic amines) is 2. The van der Waals surface area contributed by atoms with E-state index in [0.717, 1.165) is 43.4 Å². The second-order valence-electron chi connectivity index (χ2n) is 9.88. The molecule has 4 atom stereocenters. The molecule has 1 N–H and O–H groups in total. The van der Waals surface area contributed by atoms with Crippen molar-refractivity contribution in [3.05, 3.63) is 53.6 Å². The van der Waals surface area contributed by atoms with Crippen molar-refractivity contribution in [2.24, 2.45) is 5.92 Å². The highest BCUT2D eigenvalue weighted by atomic mass is 16.7. The van der Waals surface area contributed by atoms with Gasteiger partial charge in [0.25, 0.3) is 0 Å². The maximum absolute atomic E-state index is 13.6. The number of carboxylic acid groups (broad SMARTS) is 1. The molecule has 0 bridgehead atoms. The summed E-state index contributed by atoms with van der Waals surface area (Å²) in [6.45, 7) is 3.71. The lowest BCUT2D eigenvalue weighted by Gasteiger charge is -2.37. The van der Waals surface area contributed by atoms with Gasteiger partial charge in [-0.05, 0) is 61.1 Å². The van der Waals surface area contributed by atoms with Gasteiger partial charge in [0.2, 0.25) is 12.7 Å². The number of amides is 1. The van der Waals surface area contributed by atoms with E-state index >= 15 is 0 Å². The summed E-state index contributed by atoms with van der Waals surface area (Å²) in [5.74, 6) is 0.172. The lowest BCUT2D eigenvalue weighted by molar-refractivity contribution is -0.144. The van der Waals surface area contributed by atoms with Gasteiger partial charge in [-0.25, -0.2) is 0 Å². The highest BCUT2D eigenvalue weighted by Gasteiger charge is 2.48. The summed E-state index contributed by atoms with van der Waals surface area (Å²) in [6.07, 6.45) is 4.13. The van der Waals surface area contributed by atoms with E-state index in [9.17, 15) is 14.7 Å². The predicted molar refractivity (Wildman–Crippen MR) is 133 cm³/mol. The smallest absolute Gasteiger partial charge is 0.309 e. The standard InChI is InChI=1S/C28H34N2O6/c1-3-20-6-4-5-13-30(20)25(31)16-29-15-22(19-9-12-23-24(14-19)36-17-35-23)26(28(32)33)27(29)18-7-10-21(34-2)11-8-18/h7-12,14,20,22,26-27H,3-6,13,15-17H2,1-2H3,(H,32,33)/t20?,22-,26+,27-/m1/s1. The molecular formula is C28H34N2O6. The van der Waals surface area contributed by atoms with Crippen LogP contribution < -0.4 is 14.2 Å². The molecule has 3 heterocycles. The minimum Gasteiger partial charge on any atom is -0.497 e. The molecule has 3 aliphatic heterocycles. The van der Waals surface area contributed by atoms with E-state index in [1.54, 1.807) is 7.11 Å². The maximum atomic E-state index is 13.6. The van der Waals surface area contributed by atoms with Gasteiger partial charge in [-0.1, -0.05) is 25.1 Å². The zero-order valence-corrected chi connectivity index (χ0v) is 20.9. The maximum Gasteiger partial charge on any atom is 0.309 e. The summed E-state index contributed by atoms with van der Waals surface area (Å²) in [5, 5.41) is 10.4. The Balaban J connectivity index is 1.49. The van der Waals surface area contributed by atoms with E-state index in [0.29, 0.717) is 23.8 Å². The van der Waals surface area contributed by atoms with E-state index in [1.807, 2.05) is 47.4 Å². The largest absolute Gasteiger partial charge is 0.497 e. The SMILES string of the molecule is CCC1CCCCN1C(=O)CN1C[C@H](c2ccc3c(c2)OCO3)[C@H](C(=O)O)[C@H]1c1ccc(OC)cc1. The fraction of sp³-hybridized carbons (Fsp3) is 0.500. The molecule has 2 aromatic rings. The van der Waals surface area contributed by atoms with Crippen LogP contribution in [-0.4, -0.2) is 66.4 Å². The van der Waals surface area contributed by atoms with Crippen molar-refractivity contribution in [1.82, 2.24) is 9.80 Å². The van der Waals surface area contributed by atoms with E-state index in [-0.39, 0.29) is 31.2 Å². The quantitative estimate of drug-likeness (QED) is 0.621. The topological polar surface area (TPSA) is 88.5 Å². The highest BCUT2D eigenvalue weighted by molar-refractivity contribution is 5.80. The van der Waals surface area contributed by atoms with Crippen molar-refractivity contribution < 1.29 is 28.9 Å². The van der Waals surface area contributed by atoms with Crippen LogP contribution >= 0.6 is 0 Å². The van der Waals surface area contributed by atoms with Crippen LogP contribution in [0.15, 0.2) is 42.5 Å². The van der Waals surface area contributed by atoms with Gasteiger partial charge < -0.3 is 24.2 Å². The Bertz CT molecular complexity index is 1100. The molecule has 0 aliphatic carbocycles. The number of hydrogen-bond donors (Lipinski definition) is 1. The van der Waals surface area contributed by atoms with Crippen LogP contribution in [0.3, 0.4) is 0 Å². The van der Waals surface area contributed by atoms with Crippen molar-refractivity contribution in [2.45, 2.75) is 50.6 Å². The normalized spacial score (nSPS) is 25.7. The number of hydrogen-bond acceptors (Lipinski definition) is 6. The summed E-state index contributed by atoms with van der Waals surface area (Å²) in [7, 11) is 1.61. The number of carbonyl (C=O) groups is 2. The number of rotatable bonds is 7. The van der Waals surface area contributed by atoms with Crippen LogP contribution in [0, 0.1) is 5.92 Å². The van der Waals surface area contributed by atoms with Crippen LogP contribution in [0.25, 0.3) is 0 Å². The minimum atomic E-state index is -0.877. The number of benzene rings is 2. The number of ether oxygens (including phenoxy) is 3. The molecule has 0 aromatic heterocycles. The summed E-state index contributed by atoms with van der Waals surface area (Å²) < 4.78 is 16.3. The first kappa shape index (κ1) is 24.4. The Morgan fingerprint density at radius 3 is 2.53 bits per heavy atom. The van der Waals surface area contributed by atoms with Crippen molar-refractivity contribution in [3.63, 3.8) is 0 Å². The second kappa shape index (κ2) is 10.4. The summed E-state index contributed by atoms with van der Waals surface area (Å²) in [4.78, 5) is 30.4. The Hall–Kier alpha value is -3.26. The fourth-order valence-corrected chi connectivity index (χ4v) is 6.09. The number of carboxylic acids is 1. The first-order valence-electron chi connectivity index (χ1n) is 12.8. The van der Waals surface area contributed by atoms with Crippen molar-refractivity contribution >= 4 is 11.9 Å². The molecule has 2 saturated heterocycles. The van der Waals surface area contributed by atoms with Gasteiger partial charge in [-0.15, -0.1) is 0 Å². The molecule has 36 heavy (non-hydrogen) atoms. The predicted octanol–water partition coefficient (Wildman–Crippen LogP) is 4.06. The molecule has 2 fully saturated rings. The number of aliphatic carboxylic acids is 1. The van der Waals surface area contributed by atoms with E-state index in [4.69, 9.17) is 14.2 Å². The zero-order valence-electron chi connectivity index (χ0n) is 20.9. The van der Waals surface area contributed by atoms with Gasteiger partial charge in [-0.3, -0.25) is 14.5 Å². The van der Waals surface area contributed by atoms with E-state index in [1.165, 1.54) is 0 Å². The average molecular weight is 495 g/mol. The van der Waals surface area contributed by atoms with Gasteiger partial charge in [0, 0.05) is 31.1 Å². The number of piperidine rings is 1. The Morgan fingerprint density at radius 1 is 1.06 bits per heavy atom. The monoisotopic (exact) mass is 494 g/mol. The number of carbonyl (C=O) groups excluding carboxylic acids is 1. The lowest BCUT2D eigenvalue weighted by atomic mass is 9.82. The lowest BCUT2D eigenvalue weighted by Crippen LogP contribution is -2.48. The highest BCUT2D eigenvalue weighted by Crippen LogP contribution is 2.48. The number of methoxy groups -OCH3 is 1. The molecule has 1 amide bonds. The molecular weight excluding hydrogens is 460 g/mol. The van der Waals surface area contributed by atoms with E-state index < -0.39 is 17.9 Å². The van der Waals surface area contributed by atoms with Gasteiger partial charge in [-0.2, -0.15) is 0 Å². The van der Waals surface area contributed by atoms with Crippen molar-refractivity contribution in [2.75, 3.05) is 33.5 Å². The molecule has 3 aliphatic rings. The third-order valence-corrected chi connectivity index (χ3v) is 7.92. The number of fused-ring (bicyclic) bond motifs is 1. The summed E-state index contributed by atoms with van der Waals surface area (Å²) >= 11 is 0. The Labute approximate surface area is 211 Å². The molecule has 8 nitrogen and oxygen atoms in total. The van der Waals surface area contributed by atoms with Crippen LogP contribution in [0.4, 0.5) is 0 Å². The molecule has 0 radical (unpaired) electrons. The first-order chi connectivity index (χ1) is 17.5. The first-order valence-corrected chi connectivity index (χ1v) is 12.8. The summed E-state index contributed by atoms with van der Waals surface area (Å²) in [6, 6.07) is 13.0. The third-order valence-electron chi connectivity index (χ3n) is 7.92. The van der Waals surface area contributed by atoms with Gasteiger partial charge in [0.15, 0.2) is 11.5 Å². The van der Waals surface area contributed by atoms with Crippen LogP contribution in [0.1, 0.15) is 55.7 Å². The van der Waals surface area contributed by atoms with Crippen LogP contribution in [0.2, 0.25) is 0 Å². The Morgan fingerprint density at radius 2 is 1.81 bits per heavy atom. The number of nitrogens with zero attached hydrogens (tertiary/aromatic N) is 2. The Kier molecular flexibility index (Phi) is 7.05. The van der Waals surface area contributed by atoms with Crippen molar-refractivity contribution in [3.8, 4) is 17.2 Å². The molecule has 0 saturated carbocycles. The van der Waals surface area contributed by atoms with Crippen LogP contribution in [0.5, 0.6) is 17.2 Å².